The number of rotatable bonds is 14. The minimum Gasteiger partial charge on any atom is -0.490 e. The van der Waals surface area contributed by atoms with Gasteiger partial charge in [-0.05, 0) is 95.1 Å². The minimum absolute atomic E-state index is 0.239. The lowest BCUT2D eigenvalue weighted by Gasteiger charge is -2.19. The van der Waals surface area contributed by atoms with Crippen LogP contribution in [0, 0.1) is 0 Å². The molecule has 0 fully saturated rings. The van der Waals surface area contributed by atoms with Crippen molar-refractivity contribution < 1.29 is 28.6 Å². The molecule has 4 rings (SSSR count). The van der Waals surface area contributed by atoms with Gasteiger partial charge in [0.2, 0.25) is 0 Å². The van der Waals surface area contributed by atoms with Crippen molar-refractivity contribution in [2.45, 2.75) is 58.7 Å². The maximum absolute atomic E-state index is 12.9. The molecular formula is C35H42N2O6. The minimum atomic E-state index is -0.549. The van der Waals surface area contributed by atoms with Gasteiger partial charge in [0.25, 0.3) is 11.8 Å². The zero-order valence-corrected chi connectivity index (χ0v) is 25.9. The van der Waals surface area contributed by atoms with Crippen molar-refractivity contribution in [1.29, 1.82) is 0 Å². The Morgan fingerprint density at radius 2 is 1.35 bits per heavy atom. The lowest BCUT2D eigenvalue weighted by molar-refractivity contribution is -0.154. The second-order valence-corrected chi connectivity index (χ2v) is 12.0. The number of carbonyl (C=O) groups excluding carboxylic acids is 3. The Morgan fingerprint density at radius 3 is 1.95 bits per heavy atom. The van der Waals surface area contributed by atoms with Crippen LogP contribution in [0.4, 0.5) is 0 Å². The largest absolute Gasteiger partial charge is 0.490 e. The molecule has 3 aromatic carbocycles. The summed E-state index contributed by atoms with van der Waals surface area (Å²) >= 11 is 0. The van der Waals surface area contributed by atoms with E-state index in [1.165, 1.54) is 4.90 Å². The Balaban J connectivity index is 1.47. The van der Waals surface area contributed by atoms with E-state index in [-0.39, 0.29) is 30.7 Å². The van der Waals surface area contributed by atoms with Crippen molar-refractivity contribution in [2.75, 3.05) is 33.8 Å². The molecule has 0 saturated carbocycles. The van der Waals surface area contributed by atoms with E-state index in [9.17, 15) is 14.4 Å². The zero-order chi connectivity index (χ0) is 31.0. The van der Waals surface area contributed by atoms with Gasteiger partial charge in [-0.2, -0.15) is 0 Å². The first-order valence-electron chi connectivity index (χ1n) is 14.8. The van der Waals surface area contributed by atoms with Crippen LogP contribution in [-0.2, 0) is 29.0 Å². The van der Waals surface area contributed by atoms with Crippen molar-refractivity contribution in [2.24, 2.45) is 0 Å². The number of hydrogen-bond acceptors (Lipinski definition) is 7. The van der Waals surface area contributed by atoms with Gasteiger partial charge in [-0.3, -0.25) is 19.3 Å². The molecule has 1 aliphatic heterocycles. The van der Waals surface area contributed by atoms with Gasteiger partial charge in [-0.1, -0.05) is 42.5 Å². The van der Waals surface area contributed by atoms with Crippen LogP contribution in [0.15, 0.2) is 66.7 Å². The number of nitrogens with zero attached hydrogens (tertiary/aromatic N) is 2. The van der Waals surface area contributed by atoms with Gasteiger partial charge in [-0.15, -0.1) is 0 Å². The Bertz CT molecular complexity index is 1410. The maximum atomic E-state index is 12.9. The molecule has 0 radical (unpaired) electrons. The Hall–Kier alpha value is -4.17. The molecule has 0 N–H and O–H groups in total. The molecule has 0 bridgehead atoms. The number of hydrogen-bond donors (Lipinski definition) is 0. The monoisotopic (exact) mass is 586 g/mol. The molecule has 8 heteroatoms. The van der Waals surface area contributed by atoms with Gasteiger partial charge in [0, 0.05) is 19.5 Å². The second-order valence-electron chi connectivity index (χ2n) is 12.0. The first-order valence-corrected chi connectivity index (χ1v) is 14.8. The number of amides is 2. The van der Waals surface area contributed by atoms with E-state index in [1.807, 2.05) is 77.3 Å². The van der Waals surface area contributed by atoms with Crippen molar-refractivity contribution in [3.8, 4) is 11.5 Å². The fourth-order valence-electron chi connectivity index (χ4n) is 4.95. The van der Waals surface area contributed by atoms with Crippen LogP contribution in [0.2, 0.25) is 0 Å². The molecule has 43 heavy (non-hydrogen) atoms. The standard InChI is InChI=1S/C35H42N2O6/c1-35(2,3)43-32(38)16-15-25-21-26(17-19-37-33(39)28-11-6-7-12-29(28)34(37)40)23-27(22-25)24-42-31-14-9-8-13-30(31)41-20-10-18-36(4)5/h6-9,11-14,21-23H,10,15-20,24H2,1-5H3. The van der Waals surface area contributed by atoms with E-state index < -0.39 is 5.60 Å². The molecule has 0 atom stereocenters. The van der Waals surface area contributed by atoms with Gasteiger partial charge in [-0.25, -0.2) is 0 Å². The summed E-state index contributed by atoms with van der Waals surface area (Å²) in [4.78, 5) is 41.6. The Morgan fingerprint density at radius 1 is 0.791 bits per heavy atom. The fraction of sp³-hybridized carbons (Fsp3) is 0.400. The van der Waals surface area contributed by atoms with E-state index in [0.29, 0.717) is 48.7 Å². The van der Waals surface area contributed by atoms with Gasteiger partial charge in [0.15, 0.2) is 11.5 Å². The third-order valence-corrected chi connectivity index (χ3v) is 6.90. The average molecular weight is 587 g/mol. The summed E-state index contributed by atoms with van der Waals surface area (Å²) in [5.74, 6) is 0.536. The number of aryl methyl sites for hydroxylation is 1. The topological polar surface area (TPSA) is 85.4 Å². The molecule has 8 nitrogen and oxygen atoms in total. The second kappa shape index (κ2) is 14.3. The van der Waals surface area contributed by atoms with E-state index in [4.69, 9.17) is 14.2 Å². The third kappa shape index (κ3) is 9.16. The molecule has 228 valence electrons. The number of para-hydroxylation sites is 2. The van der Waals surface area contributed by atoms with E-state index >= 15 is 0 Å². The van der Waals surface area contributed by atoms with E-state index in [1.54, 1.807) is 24.3 Å². The van der Waals surface area contributed by atoms with Crippen LogP contribution in [0.3, 0.4) is 0 Å². The third-order valence-electron chi connectivity index (χ3n) is 6.90. The smallest absolute Gasteiger partial charge is 0.306 e. The number of benzene rings is 3. The average Bonchev–Trinajstić information content (AvgIpc) is 3.20. The number of carbonyl (C=O) groups is 3. The molecule has 0 aliphatic carbocycles. The molecule has 0 unspecified atom stereocenters. The predicted molar refractivity (Wildman–Crippen MR) is 166 cm³/mol. The predicted octanol–water partition coefficient (Wildman–Crippen LogP) is 5.71. The van der Waals surface area contributed by atoms with Crippen LogP contribution in [0.5, 0.6) is 11.5 Å². The van der Waals surface area contributed by atoms with Crippen molar-refractivity contribution in [3.05, 3.63) is 94.5 Å². The molecule has 0 spiro atoms. The Kier molecular flexibility index (Phi) is 10.6. The van der Waals surface area contributed by atoms with Crippen molar-refractivity contribution in [3.63, 3.8) is 0 Å². The normalized spacial score (nSPS) is 12.9. The highest BCUT2D eigenvalue weighted by atomic mass is 16.6. The molecule has 1 heterocycles. The molecule has 2 amide bonds. The lowest BCUT2D eigenvalue weighted by Crippen LogP contribution is -2.31. The summed E-state index contributed by atoms with van der Waals surface area (Å²) in [5, 5.41) is 0. The van der Waals surface area contributed by atoms with Gasteiger partial charge in [0.05, 0.1) is 17.7 Å². The van der Waals surface area contributed by atoms with Crippen LogP contribution in [0.25, 0.3) is 0 Å². The number of fused-ring (bicyclic) bond motifs is 1. The fourth-order valence-corrected chi connectivity index (χ4v) is 4.95. The van der Waals surface area contributed by atoms with Crippen LogP contribution >= 0.6 is 0 Å². The molecule has 0 saturated heterocycles. The summed E-state index contributed by atoms with van der Waals surface area (Å²) in [7, 11) is 4.07. The van der Waals surface area contributed by atoms with Crippen molar-refractivity contribution >= 4 is 17.8 Å². The quantitative estimate of drug-likeness (QED) is 0.136. The van der Waals surface area contributed by atoms with Crippen LogP contribution < -0.4 is 9.47 Å². The van der Waals surface area contributed by atoms with Gasteiger partial charge < -0.3 is 19.1 Å². The highest BCUT2D eigenvalue weighted by Gasteiger charge is 2.34. The Labute approximate surface area is 254 Å². The number of ether oxygens (including phenoxy) is 3. The molecular weight excluding hydrogens is 544 g/mol. The van der Waals surface area contributed by atoms with Crippen LogP contribution in [-0.4, -0.2) is 67.0 Å². The van der Waals surface area contributed by atoms with Crippen molar-refractivity contribution in [1.82, 2.24) is 9.80 Å². The van der Waals surface area contributed by atoms with Gasteiger partial charge in [0.1, 0.15) is 12.2 Å². The number of esters is 1. The molecule has 0 aromatic heterocycles. The lowest BCUT2D eigenvalue weighted by atomic mass is 10.0. The summed E-state index contributed by atoms with van der Waals surface area (Å²) in [5.41, 5.74) is 3.15. The summed E-state index contributed by atoms with van der Waals surface area (Å²) in [6, 6.07) is 20.6. The summed E-state index contributed by atoms with van der Waals surface area (Å²) in [6.45, 7) is 7.62. The highest BCUT2D eigenvalue weighted by molar-refractivity contribution is 6.21. The van der Waals surface area contributed by atoms with Crippen LogP contribution in [0.1, 0.15) is 71.0 Å². The van der Waals surface area contributed by atoms with E-state index in [2.05, 4.69) is 4.90 Å². The van der Waals surface area contributed by atoms with E-state index in [0.717, 1.165) is 29.7 Å². The zero-order valence-electron chi connectivity index (χ0n) is 25.9. The molecule has 3 aromatic rings. The molecule has 1 aliphatic rings. The first kappa shape index (κ1) is 31.8. The maximum Gasteiger partial charge on any atom is 0.306 e. The number of imide groups is 1. The SMILES string of the molecule is CN(C)CCCOc1ccccc1OCc1cc(CCC(=O)OC(C)(C)C)cc(CCN2C(=O)c3ccccc3C2=O)c1. The van der Waals surface area contributed by atoms with Gasteiger partial charge >= 0.3 is 5.97 Å². The highest BCUT2D eigenvalue weighted by Crippen LogP contribution is 2.28. The summed E-state index contributed by atoms with van der Waals surface area (Å²) < 4.78 is 17.7. The first-order chi connectivity index (χ1) is 20.5. The summed E-state index contributed by atoms with van der Waals surface area (Å²) in [6.07, 6.45) is 2.11.